The Kier molecular flexibility index (Phi) is 6.27. The fourth-order valence-corrected chi connectivity index (χ4v) is 6.39. The zero-order valence-electron chi connectivity index (χ0n) is 19.5. The van der Waals surface area contributed by atoms with Gasteiger partial charge in [0.25, 0.3) is 5.91 Å². The predicted octanol–water partition coefficient (Wildman–Crippen LogP) is 3.76. The van der Waals surface area contributed by atoms with Crippen LogP contribution in [0.4, 0.5) is 13.3 Å². The minimum Gasteiger partial charge on any atom is -0.322 e. The summed E-state index contributed by atoms with van der Waals surface area (Å²) >= 11 is 0. The zero-order valence-corrected chi connectivity index (χ0v) is 19.5. The van der Waals surface area contributed by atoms with Crippen LogP contribution >= 0.6 is 0 Å². The number of carbonyl (C=O) groups is 3. The van der Waals surface area contributed by atoms with Crippen molar-refractivity contribution in [2.75, 3.05) is 13.1 Å². The van der Waals surface area contributed by atoms with Gasteiger partial charge in [-0.05, 0) is 43.0 Å². The number of amides is 3. The highest BCUT2D eigenvalue weighted by Gasteiger charge is 2.62. The van der Waals surface area contributed by atoms with Crippen LogP contribution in [-0.4, -0.2) is 58.6 Å². The second kappa shape index (κ2) is 9.11. The third-order valence-corrected chi connectivity index (χ3v) is 8.02. The van der Waals surface area contributed by atoms with Crippen molar-refractivity contribution in [1.82, 2.24) is 15.1 Å². The molecule has 10 heteroatoms. The summed E-state index contributed by atoms with van der Waals surface area (Å²) < 4.78 is 37.8. The third-order valence-electron chi connectivity index (χ3n) is 8.02. The third kappa shape index (κ3) is 4.77. The van der Waals surface area contributed by atoms with Crippen molar-refractivity contribution in [1.29, 1.82) is 0 Å². The van der Waals surface area contributed by atoms with Crippen LogP contribution in [-0.2, 0) is 16.1 Å². The van der Waals surface area contributed by atoms with E-state index >= 15 is 0 Å². The van der Waals surface area contributed by atoms with Crippen molar-refractivity contribution < 1.29 is 32.6 Å². The molecule has 1 atom stereocenters. The first-order valence-corrected chi connectivity index (χ1v) is 12.4. The predicted molar refractivity (Wildman–Crippen MR) is 119 cm³/mol. The van der Waals surface area contributed by atoms with Crippen LogP contribution in [0.1, 0.15) is 73.7 Å². The number of nitrogens with zero attached hydrogens (tertiary/aromatic N) is 2. The monoisotopic (exact) mass is 493 g/mol. The maximum atomic E-state index is 12.8. The molecular weight excluding hydrogens is 463 g/mol. The molecule has 2 saturated carbocycles. The molecule has 2 aliphatic carbocycles. The van der Waals surface area contributed by atoms with E-state index in [1.54, 1.807) is 0 Å². The molecule has 0 aromatic heterocycles. The summed E-state index contributed by atoms with van der Waals surface area (Å²) in [5.41, 5.74) is 1.06. The summed E-state index contributed by atoms with van der Waals surface area (Å²) in [7, 11) is 0. The Balaban J connectivity index is 0.000000151. The molecule has 7 nitrogen and oxygen atoms in total. The summed E-state index contributed by atoms with van der Waals surface area (Å²) in [4.78, 5) is 42.7. The number of hydrogen-bond donors (Lipinski definition) is 1. The molecule has 1 spiro atoms. The van der Waals surface area contributed by atoms with E-state index in [1.165, 1.54) is 55.2 Å². The highest BCUT2D eigenvalue weighted by atomic mass is 19.3. The van der Waals surface area contributed by atoms with Crippen LogP contribution in [0.15, 0.2) is 18.2 Å². The van der Waals surface area contributed by atoms with Crippen molar-refractivity contribution in [3.63, 3.8) is 0 Å². The number of piperidine rings is 1. The van der Waals surface area contributed by atoms with Gasteiger partial charge in [0.15, 0.2) is 5.75 Å². The van der Waals surface area contributed by atoms with Gasteiger partial charge in [0.05, 0.1) is 0 Å². The molecule has 1 aromatic rings. The van der Waals surface area contributed by atoms with Crippen molar-refractivity contribution in [3.05, 3.63) is 29.3 Å². The van der Waals surface area contributed by atoms with Gasteiger partial charge >= 0.3 is 0 Å². The maximum absolute atomic E-state index is 12.8. The van der Waals surface area contributed by atoms with Crippen molar-refractivity contribution in [2.24, 2.45) is 5.41 Å². The fraction of sp³-hybridized carbons (Fsp3) is 0.640. The Labute approximate surface area is 201 Å². The van der Waals surface area contributed by atoms with Gasteiger partial charge < -0.3 is 4.90 Å². The molecule has 4 fully saturated rings. The van der Waals surface area contributed by atoms with E-state index in [-0.39, 0.29) is 48.8 Å². The number of carbonyl (C=O) groups excluding carboxylic acids is 3. The molecule has 190 valence electrons. The number of alkyl halides is 2. The molecule has 1 unspecified atom stereocenters. The van der Waals surface area contributed by atoms with E-state index < -0.39 is 17.9 Å². The largest absolute Gasteiger partial charge is 0.322 e. The normalized spacial score (nSPS) is 27.3. The van der Waals surface area contributed by atoms with E-state index in [1.807, 2.05) is 0 Å². The van der Waals surface area contributed by atoms with Gasteiger partial charge in [-0.1, -0.05) is 19.3 Å². The number of benzene rings is 1. The lowest BCUT2D eigenvalue weighted by Gasteiger charge is -2.61. The summed E-state index contributed by atoms with van der Waals surface area (Å²) in [6.45, 7) is 2.11. The number of nitrogens with one attached hydrogen (secondary N) is 1. The van der Waals surface area contributed by atoms with Crippen LogP contribution in [0.25, 0.3) is 0 Å². The number of halogens is 3. The Hall–Kier alpha value is -2.62. The lowest BCUT2D eigenvalue weighted by atomic mass is 9.60. The summed E-state index contributed by atoms with van der Waals surface area (Å²) in [5, 5.41) is 2.22. The maximum Gasteiger partial charge on any atom is 0.255 e. The standard InChI is InChI=1S/C13H11FN2O4.C12H19F2N/c14-20-8-1-2-9-7(5-8)6-16(13(9)19)10-3-4-11(17)15-12(10)18;13-12(14)6-11(7-12)8-15(9-11)10-4-2-1-3-5-10/h1-2,5,10H,3-4,6H2,(H,15,17,18);10H,1-9H2. The highest BCUT2D eigenvalue weighted by Crippen LogP contribution is 2.57. The lowest BCUT2D eigenvalue weighted by molar-refractivity contribution is -0.221. The van der Waals surface area contributed by atoms with Gasteiger partial charge in [-0.15, -0.1) is 0 Å². The molecule has 6 rings (SSSR count). The zero-order chi connectivity index (χ0) is 24.8. The van der Waals surface area contributed by atoms with Crippen LogP contribution in [0, 0.1) is 5.41 Å². The molecule has 3 heterocycles. The Morgan fingerprint density at radius 3 is 2.34 bits per heavy atom. The first-order chi connectivity index (χ1) is 16.7. The van der Waals surface area contributed by atoms with Gasteiger partial charge in [0, 0.05) is 60.4 Å². The SMILES string of the molecule is FC1(F)CC2(CN(C3CCCCC3)C2)C1.O=C1CCC(N2Cc3cc(OF)ccc3C2=O)C(=O)N1. The molecule has 0 radical (unpaired) electrons. The number of likely N-dealkylation sites (tertiary alicyclic amines) is 1. The van der Waals surface area contributed by atoms with Crippen LogP contribution < -0.4 is 10.3 Å². The summed E-state index contributed by atoms with van der Waals surface area (Å²) in [5.74, 6) is -3.41. The average molecular weight is 494 g/mol. The molecule has 2 saturated heterocycles. The van der Waals surface area contributed by atoms with Crippen LogP contribution in [0.2, 0.25) is 0 Å². The molecule has 5 aliphatic rings. The minimum atomic E-state index is -2.33. The second-order valence-corrected chi connectivity index (χ2v) is 10.7. The summed E-state index contributed by atoms with van der Waals surface area (Å²) in [6.07, 6.45) is 7.46. The van der Waals surface area contributed by atoms with Gasteiger partial charge in [-0.3, -0.25) is 29.5 Å². The van der Waals surface area contributed by atoms with Gasteiger partial charge in [-0.2, -0.15) is 0 Å². The van der Waals surface area contributed by atoms with Gasteiger partial charge in [-0.25, -0.2) is 8.78 Å². The van der Waals surface area contributed by atoms with E-state index in [4.69, 9.17) is 0 Å². The van der Waals surface area contributed by atoms with Crippen LogP contribution in [0.5, 0.6) is 5.75 Å². The molecule has 35 heavy (non-hydrogen) atoms. The molecule has 3 amide bonds. The average Bonchev–Trinajstić information content (AvgIpc) is 3.12. The Morgan fingerprint density at radius 1 is 1.00 bits per heavy atom. The van der Waals surface area contributed by atoms with Crippen molar-refractivity contribution in [2.45, 2.75) is 82.3 Å². The molecular formula is C25H30F3N3O4. The van der Waals surface area contributed by atoms with E-state index in [2.05, 4.69) is 15.2 Å². The van der Waals surface area contributed by atoms with Crippen molar-refractivity contribution >= 4 is 17.7 Å². The molecule has 3 aliphatic heterocycles. The summed E-state index contributed by atoms with van der Waals surface area (Å²) in [6, 6.07) is 4.31. The second-order valence-electron chi connectivity index (χ2n) is 10.7. The van der Waals surface area contributed by atoms with E-state index in [0.717, 1.165) is 19.1 Å². The minimum absolute atomic E-state index is 0.0154. The van der Waals surface area contributed by atoms with Gasteiger partial charge in [0.2, 0.25) is 17.7 Å². The van der Waals surface area contributed by atoms with Gasteiger partial charge in [0.1, 0.15) is 6.04 Å². The molecule has 1 aromatic carbocycles. The number of fused-ring (bicyclic) bond motifs is 1. The highest BCUT2D eigenvalue weighted by molar-refractivity contribution is 6.05. The number of imide groups is 1. The topological polar surface area (TPSA) is 79.0 Å². The fourth-order valence-electron chi connectivity index (χ4n) is 6.39. The molecule has 0 bridgehead atoms. The van der Waals surface area contributed by atoms with E-state index in [9.17, 15) is 27.7 Å². The van der Waals surface area contributed by atoms with E-state index in [0.29, 0.717) is 17.5 Å². The first kappa shape index (κ1) is 24.1. The molecule has 1 N–H and O–H groups in total. The smallest absolute Gasteiger partial charge is 0.255 e. The number of rotatable bonds is 3. The Morgan fingerprint density at radius 2 is 1.71 bits per heavy atom. The Bertz CT molecular complexity index is 1010. The first-order valence-electron chi connectivity index (χ1n) is 12.4. The van der Waals surface area contributed by atoms with Crippen LogP contribution in [0.3, 0.4) is 0 Å². The number of hydrogen-bond acceptors (Lipinski definition) is 5. The lowest BCUT2D eigenvalue weighted by Crippen LogP contribution is -2.67. The van der Waals surface area contributed by atoms with Crippen molar-refractivity contribution in [3.8, 4) is 5.75 Å². The quantitative estimate of drug-likeness (QED) is 0.649.